The predicted octanol–water partition coefficient (Wildman–Crippen LogP) is 6.48. The molecule has 130 valence electrons. The van der Waals surface area contributed by atoms with Gasteiger partial charge in [-0.25, -0.2) is 0 Å². The number of allylic oxidation sites excluding steroid dienone is 8. The van der Waals surface area contributed by atoms with Gasteiger partial charge in [0, 0.05) is 0 Å². The molecule has 1 rings (SSSR count). The standard InChI is InChI=1S/C22H37N/c1-19(13-10-8-6-5-7-9-11-18-23)15-16-21-20(2)14-12-17-22(21,3)4/h8,10,13,15-16H,5-7,9,11-12,14,17-18,23H2,1-4H3/b10-8?,16-15+,19-13+. The first-order valence-electron chi connectivity index (χ1n) is 9.39. The summed E-state index contributed by atoms with van der Waals surface area (Å²) >= 11 is 0. The highest BCUT2D eigenvalue weighted by atomic mass is 14.5. The molecule has 0 aromatic heterocycles. The van der Waals surface area contributed by atoms with Crippen molar-refractivity contribution in [2.75, 3.05) is 6.54 Å². The number of nitrogens with two attached hydrogens (primary N) is 1. The van der Waals surface area contributed by atoms with Crippen molar-refractivity contribution >= 4 is 0 Å². The topological polar surface area (TPSA) is 26.0 Å². The van der Waals surface area contributed by atoms with Crippen molar-refractivity contribution in [1.82, 2.24) is 0 Å². The number of hydrogen-bond acceptors (Lipinski definition) is 1. The fourth-order valence-electron chi connectivity index (χ4n) is 3.36. The smallest absolute Gasteiger partial charge is 0.00773 e. The molecule has 0 amide bonds. The largest absolute Gasteiger partial charge is 0.330 e. The molecule has 0 atom stereocenters. The predicted molar refractivity (Wildman–Crippen MR) is 105 cm³/mol. The van der Waals surface area contributed by atoms with Crippen molar-refractivity contribution in [2.45, 2.75) is 79.1 Å². The highest BCUT2D eigenvalue weighted by Crippen LogP contribution is 2.40. The molecule has 1 aliphatic rings. The SMILES string of the molecule is CC1=C(/C=C/C(C)=C/C=CCCCCCCN)C(C)(C)CCC1. The summed E-state index contributed by atoms with van der Waals surface area (Å²) in [6.45, 7) is 10.1. The zero-order chi connectivity index (χ0) is 17.1. The van der Waals surface area contributed by atoms with Gasteiger partial charge in [0.1, 0.15) is 0 Å². The summed E-state index contributed by atoms with van der Waals surface area (Å²) in [5, 5.41) is 0. The van der Waals surface area contributed by atoms with E-state index in [4.69, 9.17) is 5.73 Å². The average Bonchev–Trinajstić information content (AvgIpc) is 2.49. The summed E-state index contributed by atoms with van der Waals surface area (Å²) in [6.07, 6.45) is 21.4. The van der Waals surface area contributed by atoms with Crippen LogP contribution in [0.3, 0.4) is 0 Å². The molecular weight excluding hydrogens is 278 g/mol. The molecule has 1 heteroatoms. The van der Waals surface area contributed by atoms with Crippen LogP contribution in [0.5, 0.6) is 0 Å². The van der Waals surface area contributed by atoms with Gasteiger partial charge >= 0.3 is 0 Å². The van der Waals surface area contributed by atoms with Gasteiger partial charge in [-0.05, 0) is 69.9 Å². The van der Waals surface area contributed by atoms with Crippen LogP contribution in [0.25, 0.3) is 0 Å². The van der Waals surface area contributed by atoms with Gasteiger partial charge in [-0.2, -0.15) is 0 Å². The minimum Gasteiger partial charge on any atom is -0.330 e. The van der Waals surface area contributed by atoms with E-state index in [9.17, 15) is 0 Å². The van der Waals surface area contributed by atoms with Crippen LogP contribution >= 0.6 is 0 Å². The fourth-order valence-corrected chi connectivity index (χ4v) is 3.36. The molecule has 0 aromatic carbocycles. The fraction of sp³-hybridized carbons (Fsp3) is 0.636. The van der Waals surface area contributed by atoms with Gasteiger partial charge in [-0.1, -0.05) is 68.2 Å². The Kier molecular flexibility index (Phi) is 9.24. The molecule has 23 heavy (non-hydrogen) atoms. The van der Waals surface area contributed by atoms with E-state index in [1.54, 1.807) is 11.1 Å². The summed E-state index contributed by atoms with van der Waals surface area (Å²) < 4.78 is 0. The van der Waals surface area contributed by atoms with Crippen molar-refractivity contribution in [3.8, 4) is 0 Å². The Labute approximate surface area is 144 Å². The Balaban J connectivity index is 2.44. The van der Waals surface area contributed by atoms with Crippen molar-refractivity contribution in [3.05, 3.63) is 47.1 Å². The Morgan fingerprint density at radius 2 is 1.91 bits per heavy atom. The molecule has 0 heterocycles. The lowest BCUT2D eigenvalue weighted by Crippen LogP contribution is -2.19. The van der Waals surface area contributed by atoms with Gasteiger partial charge in [-0.15, -0.1) is 0 Å². The van der Waals surface area contributed by atoms with Gasteiger partial charge < -0.3 is 5.73 Å². The molecule has 0 radical (unpaired) electrons. The molecular formula is C22H37N. The van der Waals surface area contributed by atoms with Crippen molar-refractivity contribution in [1.29, 1.82) is 0 Å². The summed E-state index contributed by atoms with van der Waals surface area (Å²) in [4.78, 5) is 0. The van der Waals surface area contributed by atoms with Gasteiger partial charge in [0.05, 0.1) is 0 Å². The molecule has 0 bridgehead atoms. The molecule has 0 saturated carbocycles. The molecule has 0 aromatic rings. The van der Waals surface area contributed by atoms with E-state index in [1.165, 1.54) is 56.9 Å². The van der Waals surface area contributed by atoms with Gasteiger partial charge in [0.25, 0.3) is 0 Å². The number of hydrogen-bond donors (Lipinski definition) is 1. The van der Waals surface area contributed by atoms with E-state index in [-0.39, 0.29) is 0 Å². The van der Waals surface area contributed by atoms with Crippen molar-refractivity contribution < 1.29 is 0 Å². The Bertz CT molecular complexity index is 460. The summed E-state index contributed by atoms with van der Waals surface area (Å²) in [7, 11) is 0. The zero-order valence-electron chi connectivity index (χ0n) is 15.8. The highest BCUT2D eigenvalue weighted by Gasteiger charge is 2.26. The van der Waals surface area contributed by atoms with E-state index in [2.05, 4.69) is 58.1 Å². The summed E-state index contributed by atoms with van der Waals surface area (Å²) in [5.74, 6) is 0. The van der Waals surface area contributed by atoms with Gasteiger partial charge in [0.2, 0.25) is 0 Å². The highest BCUT2D eigenvalue weighted by molar-refractivity contribution is 5.36. The first-order valence-corrected chi connectivity index (χ1v) is 9.39. The minimum atomic E-state index is 0.332. The van der Waals surface area contributed by atoms with Crippen LogP contribution in [0.2, 0.25) is 0 Å². The second-order valence-electron chi connectivity index (χ2n) is 7.60. The molecule has 0 saturated heterocycles. The van der Waals surface area contributed by atoms with Crippen LogP contribution in [0.15, 0.2) is 47.1 Å². The zero-order valence-corrected chi connectivity index (χ0v) is 15.8. The minimum absolute atomic E-state index is 0.332. The lowest BCUT2D eigenvalue weighted by atomic mass is 9.72. The lowest BCUT2D eigenvalue weighted by molar-refractivity contribution is 0.377. The van der Waals surface area contributed by atoms with E-state index in [1.807, 2.05) is 0 Å². The third-order valence-corrected chi connectivity index (χ3v) is 4.88. The van der Waals surface area contributed by atoms with E-state index in [0.717, 1.165) is 6.54 Å². The van der Waals surface area contributed by atoms with Crippen LogP contribution in [0, 0.1) is 5.41 Å². The first-order chi connectivity index (χ1) is 11.0. The molecule has 0 unspecified atom stereocenters. The molecule has 0 spiro atoms. The molecule has 2 N–H and O–H groups in total. The second kappa shape index (κ2) is 10.6. The van der Waals surface area contributed by atoms with E-state index >= 15 is 0 Å². The Morgan fingerprint density at radius 1 is 1.17 bits per heavy atom. The number of unbranched alkanes of at least 4 members (excludes halogenated alkanes) is 4. The molecule has 1 nitrogen and oxygen atoms in total. The quantitative estimate of drug-likeness (QED) is 0.382. The van der Waals surface area contributed by atoms with Crippen LogP contribution in [-0.2, 0) is 0 Å². The maximum atomic E-state index is 5.50. The first kappa shape index (κ1) is 20.0. The van der Waals surface area contributed by atoms with Crippen molar-refractivity contribution in [3.63, 3.8) is 0 Å². The maximum absolute atomic E-state index is 5.50. The normalized spacial score (nSPS) is 19.3. The molecule has 0 fully saturated rings. The molecule has 1 aliphatic carbocycles. The number of rotatable bonds is 9. The van der Waals surface area contributed by atoms with E-state index in [0.29, 0.717) is 5.41 Å². The third kappa shape index (κ3) is 7.83. The Hall–Kier alpha value is -1.08. The van der Waals surface area contributed by atoms with Crippen LogP contribution in [0.1, 0.15) is 79.1 Å². The van der Waals surface area contributed by atoms with Crippen LogP contribution in [-0.4, -0.2) is 6.54 Å². The summed E-state index contributed by atoms with van der Waals surface area (Å²) in [6, 6.07) is 0. The molecule has 0 aliphatic heterocycles. The van der Waals surface area contributed by atoms with Crippen molar-refractivity contribution in [2.24, 2.45) is 11.1 Å². The monoisotopic (exact) mass is 315 g/mol. The third-order valence-electron chi connectivity index (χ3n) is 4.88. The van der Waals surface area contributed by atoms with Crippen LogP contribution in [0.4, 0.5) is 0 Å². The Morgan fingerprint density at radius 3 is 2.61 bits per heavy atom. The van der Waals surface area contributed by atoms with Gasteiger partial charge in [-0.3, -0.25) is 0 Å². The van der Waals surface area contributed by atoms with Gasteiger partial charge in [0.15, 0.2) is 0 Å². The average molecular weight is 316 g/mol. The van der Waals surface area contributed by atoms with E-state index < -0.39 is 0 Å². The maximum Gasteiger partial charge on any atom is -0.00773 e. The lowest BCUT2D eigenvalue weighted by Gasteiger charge is -2.32. The van der Waals surface area contributed by atoms with Crippen LogP contribution < -0.4 is 5.73 Å². The summed E-state index contributed by atoms with van der Waals surface area (Å²) in [5.41, 5.74) is 10.3. The second-order valence-corrected chi connectivity index (χ2v) is 7.60.